The highest BCUT2D eigenvalue weighted by Gasteiger charge is 2.30. The quantitative estimate of drug-likeness (QED) is 0.780. The van der Waals surface area contributed by atoms with E-state index in [0.717, 1.165) is 24.3 Å². The highest BCUT2D eigenvalue weighted by Crippen LogP contribution is 2.29. The molecule has 0 heterocycles. The van der Waals surface area contributed by atoms with E-state index < -0.39 is 29.1 Å². The van der Waals surface area contributed by atoms with Gasteiger partial charge < -0.3 is 10.6 Å². The summed E-state index contributed by atoms with van der Waals surface area (Å²) in [5, 5.41) is 4.67. The van der Waals surface area contributed by atoms with Gasteiger partial charge in [-0.3, -0.25) is 9.59 Å². The summed E-state index contributed by atoms with van der Waals surface area (Å²) in [7, 11) is 0. The number of hydrogen-bond acceptors (Lipinski definition) is 2. The lowest BCUT2D eigenvalue weighted by molar-refractivity contribution is -0.137. The van der Waals surface area contributed by atoms with E-state index in [4.69, 9.17) is 0 Å². The number of hydrogen-bond donors (Lipinski definition) is 2. The zero-order valence-electron chi connectivity index (χ0n) is 11.3. The van der Waals surface area contributed by atoms with Gasteiger partial charge in [0.2, 0.25) is 0 Å². The molecule has 0 bridgehead atoms. The first-order valence-electron chi connectivity index (χ1n) is 5.80. The van der Waals surface area contributed by atoms with Crippen molar-refractivity contribution in [3.8, 4) is 0 Å². The number of carbonyl (C=O) groups is 2. The molecule has 110 valence electrons. The van der Waals surface area contributed by atoms with Crippen molar-refractivity contribution in [2.24, 2.45) is 0 Å². The zero-order valence-corrected chi connectivity index (χ0v) is 11.3. The number of anilines is 1. The van der Waals surface area contributed by atoms with Gasteiger partial charge in [0.1, 0.15) is 0 Å². The van der Waals surface area contributed by atoms with Crippen molar-refractivity contribution in [2.75, 3.05) is 5.32 Å². The SMILES string of the molecule is CC(C)(C)NC(=O)C(=O)Nc1ccc(C(F)(F)F)cc1. The van der Waals surface area contributed by atoms with E-state index in [1.807, 2.05) is 0 Å². The predicted molar refractivity (Wildman–Crippen MR) is 68.0 cm³/mol. The van der Waals surface area contributed by atoms with Gasteiger partial charge in [-0.25, -0.2) is 0 Å². The standard InChI is InChI=1S/C13H15F3N2O2/c1-12(2,3)18-11(20)10(19)17-9-6-4-8(5-7-9)13(14,15)16/h4-7H,1-3H3,(H,17,19)(H,18,20). The number of amides is 2. The monoisotopic (exact) mass is 288 g/mol. The van der Waals surface area contributed by atoms with Crippen LogP contribution in [-0.2, 0) is 15.8 Å². The van der Waals surface area contributed by atoms with Crippen molar-refractivity contribution in [2.45, 2.75) is 32.5 Å². The van der Waals surface area contributed by atoms with Gasteiger partial charge in [-0.15, -0.1) is 0 Å². The molecular formula is C13H15F3N2O2. The van der Waals surface area contributed by atoms with Crippen LogP contribution in [0.2, 0.25) is 0 Å². The molecule has 2 amide bonds. The van der Waals surface area contributed by atoms with E-state index in [0.29, 0.717) is 0 Å². The Hall–Kier alpha value is -2.05. The maximum Gasteiger partial charge on any atom is 0.416 e. The van der Waals surface area contributed by atoms with Crippen LogP contribution in [0.3, 0.4) is 0 Å². The van der Waals surface area contributed by atoms with E-state index in [2.05, 4.69) is 10.6 Å². The first-order chi connectivity index (χ1) is 8.99. The summed E-state index contributed by atoms with van der Waals surface area (Å²) in [6.45, 7) is 5.11. The predicted octanol–water partition coefficient (Wildman–Crippen LogP) is 2.56. The molecule has 0 aliphatic rings. The highest BCUT2D eigenvalue weighted by atomic mass is 19.4. The van der Waals surface area contributed by atoms with Crippen LogP contribution in [0.25, 0.3) is 0 Å². The molecule has 0 atom stereocenters. The van der Waals surface area contributed by atoms with Crippen LogP contribution in [0.15, 0.2) is 24.3 Å². The van der Waals surface area contributed by atoms with Crippen molar-refractivity contribution in [3.63, 3.8) is 0 Å². The minimum absolute atomic E-state index is 0.118. The molecule has 0 fully saturated rings. The summed E-state index contributed by atoms with van der Waals surface area (Å²) in [5.41, 5.74) is -1.28. The molecule has 0 radical (unpaired) electrons. The summed E-state index contributed by atoms with van der Waals surface area (Å²) in [6, 6.07) is 3.84. The van der Waals surface area contributed by atoms with Gasteiger partial charge in [0, 0.05) is 11.2 Å². The highest BCUT2D eigenvalue weighted by molar-refractivity contribution is 6.39. The molecule has 1 aromatic carbocycles. The van der Waals surface area contributed by atoms with E-state index in [-0.39, 0.29) is 5.69 Å². The third-order valence-corrected chi connectivity index (χ3v) is 2.16. The fourth-order valence-electron chi connectivity index (χ4n) is 1.33. The van der Waals surface area contributed by atoms with Crippen molar-refractivity contribution < 1.29 is 22.8 Å². The molecule has 0 saturated carbocycles. The van der Waals surface area contributed by atoms with Crippen LogP contribution in [0.4, 0.5) is 18.9 Å². The molecule has 0 aliphatic heterocycles. The second kappa shape index (κ2) is 5.52. The number of halogens is 3. The van der Waals surface area contributed by atoms with Crippen LogP contribution < -0.4 is 10.6 Å². The van der Waals surface area contributed by atoms with E-state index in [1.165, 1.54) is 0 Å². The summed E-state index contributed by atoms with van der Waals surface area (Å²) in [4.78, 5) is 23.0. The summed E-state index contributed by atoms with van der Waals surface area (Å²) >= 11 is 0. The average molecular weight is 288 g/mol. The van der Waals surface area contributed by atoms with Gasteiger partial charge in [-0.1, -0.05) is 0 Å². The molecule has 2 N–H and O–H groups in total. The lowest BCUT2D eigenvalue weighted by Gasteiger charge is -2.19. The molecule has 1 rings (SSSR count). The molecule has 0 spiro atoms. The fraction of sp³-hybridized carbons (Fsp3) is 0.385. The van der Waals surface area contributed by atoms with Crippen molar-refractivity contribution in [1.29, 1.82) is 0 Å². The van der Waals surface area contributed by atoms with Gasteiger partial charge in [0.05, 0.1) is 5.56 Å². The number of carbonyl (C=O) groups excluding carboxylic acids is 2. The molecule has 0 saturated heterocycles. The topological polar surface area (TPSA) is 58.2 Å². The lowest BCUT2D eigenvalue weighted by atomic mass is 10.1. The minimum atomic E-state index is -4.44. The van der Waals surface area contributed by atoms with Crippen molar-refractivity contribution in [3.05, 3.63) is 29.8 Å². The maximum atomic E-state index is 12.3. The Kier molecular flexibility index (Phi) is 4.42. The van der Waals surface area contributed by atoms with E-state index >= 15 is 0 Å². The first kappa shape index (κ1) is 16.0. The Labute approximate surface area is 114 Å². The molecule has 0 aliphatic carbocycles. The Balaban J connectivity index is 2.70. The van der Waals surface area contributed by atoms with Crippen LogP contribution in [-0.4, -0.2) is 17.4 Å². The lowest BCUT2D eigenvalue weighted by Crippen LogP contribution is -2.46. The number of alkyl halides is 3. The Bertz CT molecular complexity index is 502. The maximum absolute atomic E-state index is 12.3. The average Bonchev–Trinajstić information content (AvgIpc) is 2.26. The smallest absolute Gasteiger partial charge is 0.343 e. The second-order valence-corrected chi connectivity index (χ2v) is 5.23. The largest absolute Gasteiger partial charge is 0.416 e. The normalized spacial score (nSPS) is 11.9. The van der Waals surface area contributed by atoms with Crippen LogP contribution in [0, 0.1) is 0 Å². The molecule has 0 aromatic heterocycles. The summed E-state index contributed by atoms with van der Waals surface area (Å²) in [5.74, 6) is -1.78. The zero-order chi connectivity index (χ0) is 15.6. The number of rotatable bonds is 1. The fourth-order valence-corrected chi connectivity index (χ4v) is 1.33. The van der Waals surface area contributed by atoms with Crippen LogP contribution in [0.1, 0.15) is 26.3 Å². The van der Waals surface area contributed by atoms with E-state index in [1.54, 1.807) is 20.8 Å². The Morgan fingerprint density at radius 3 is 1.85 bits per heavy atom. The van der Waals surface area contributed by atoms with Gasteiger partial charge >= 0.3 is 18.0 Å². The summed E-state index contributed by atoms with van der Waals surface area (Å²) < 4.78 is 37.0. The van der Waals surface area contributed by atoms with E-state index in [9.17, 15) is 22.8 Å². The van der Waals surface area contributed by atoms with Gasteiger partial charge in [0.15, 0.2) is 0 Å². The number of benzene rings is 1. The number of nitrogens with one attached hydrogen (secondary N) is 2. The molecule has 1 aromatic rings. The van der Waals surface area contributed by atoms with Gasteiger partial charge in [0.25, 0.3) is 0 Å². The summed E-state index contributed by atoms with van der Waals surface area (Å²) in [6.07, 6.45) is -4.44. The van der Waals surface area contributed by atoms with Gasteiger partial charge in [-0.05, 0) is 45.0 Å². The molecule has 4 nitrogen and oxygen atoms in total. The van der Waals surface area contributed by atoms with Gasteiger partial charge in [-0.2, -0.15) is 13.2 Å². The Morgan fingerprint density at radius 2 is 1.45 bits per heavy atom. The Morgan fingerprint density at radius 1 is 0.950 bits per heavy atom. The molecule has 0 unspecified atom stereocenters. The first-order valence-corrected chi connectivity index (χ1v) is 5.80. The van der Waals surface area contributed by atoms with Crippen LogP contribution >= 0.6 is 0 Å². The van der Waals surface area contributed by atoms with Crippen LogP contribution in [0.5, 0.6) is 0 Å². The third kappa shape index (κ3) is 4.91. The van der Waals surface area contributed by atoms with Crippen molar-refractivity contribution in [1.82, 2.24) is 5.32 Å². The minimum Gasteiger partial charge on any atom is -0.343 e. The molecular weight excluding hydrogens is 273 g/mol. The van der Waals surface area contributed by atoms with Crippen molar-refractivity contribution >= 4 is 17.5 Å². The third-order valence-electron chi connectivity index (χ3n) is 2.16. The molecule has 20 heavy (non-hydrogen) atoms. The molecule has 7 heteroatoms. The second-order valence-electron chi connectivity index (χ2n) is 5.23.